The van der Waals surface area contributed by atoms with E-state index in [0.717, 1.165) is 44.0 Å². The van der Waals surface area contributed by atoms with Gasteiger partial charge in [0.25, 0.3) is 11.1 Å². The Kier molecular flexibility index (Phi) is 7.41. The first-order valence-electron chi connectivity index (χ1n) is 10.9. The first-order valence-corrected chi connectivity index (χ1v) is 11.7. The van der Waals surface area contributed by atoms with Crippen molar-refractivity contribution in [2.75, 3.05) is 46.9 Å². The molecule has 0 unspecified atom stereocenters. The molecule has 0 N–H and O–H groups in total. The maximum atomic E-state index is 13.0. The molecule has 0 saturated carbocycles. The fraction of sp³-hybridized carbons (Fsp3) is 0.375. The third-order valence-corrected chi connectivity index (χ3v) is 6.29. The third-order valence-electron chi connectivity index (χ3n) is 5.66. The average Bonchev–Trinajstić information content (AvgIpc) is 3.30. The zero-order valence-electron chi connectivity index (χ0n) is 19.1. The van der Waals surface area contributed by atoms with Crippen molar-refractivity contribution in [1.82, 2.24) is 19.2 Å². The van der Waals surface area contributed by atoms with E-state index in [1.807, 2.05) is 29.2 Å². The number of ether oxygens (including phenoxy) is 3. The summed E-state index contributed by atoms with van der Waals surface area (Å²) in [5.74, 6) is 2.42. The molecule has 2 heterocycles. The second-order valence-electron chi connectivity index (χ2n) is 7.70. The van der Waals surface area contributed by atoms with Crippen LogP contribution in [0.25, 0.3) is 0 Å². The highest BCUT2D eigenvalue weighted by atomic mass is 32.1. The fourth-order valence-corrected chi connectivity index (χ4v) is 4.31. The summed E-state index contributed by atoms with van der Waals surface area (Å²) in [6, 6.07) is 13.0. The molecule has 9 heteroatoms. The molecule has 33 heavy (non-hydrogen) atoms. The van der Waals surface area contributed by atoms with Gasteiger partial charge in [0, 0.05) is 49.7 Å². The number of aromatic nitrogens is 2. The Balaban J connectivity index is 1.47. The first kappa shape index (κ1) is 23.0. The van der Waals surface area contributed by atoms with Gasteiger partial charge in [-0.2, -0.15) is 9.36 Å². The van der Waals surface area contributed by atoms with Crippen molar-refractivity contribution in [1.29, 1.82) is 0 Å². The van der Waals surface area contributed by atoms with Crippen molar-refractivity contribution < 1.29 is 19.0 Å². The van der Waals surface area contributed by atoms with Crippen LogP contribution in [0.2, 0.25) is 0 Å². The number of methoxy groups -OCH3 is 2. The molecule has 4 rings (SSSR count). The molecule has 8 nitrogen and oxygen atoms in total. The van der Waals surface area contributed by atoms with Crippen molar-refractivity contribution in [3.05, 3.63) is 59.4 Å². The van der Waals surface area contributed by atoms with E-state index in [9.17, 15) is 4.79 Å². The second kappa shape index (κ2) is 10.6. The molecule has 1 amide bonds. The maximum absolute atomic E-state index is 13.0. The standard InChI is InChI=1S/C24H28N4O4S/c1-4-27-10-12-28(13-11-27)23(29)18-8-9-20(31-3)21(16-18)32-24-25-22(26-33-24)15-17-6-5-7-19(14-17)30-2/h5-9,14,16H,4,10-13,15H2,1-3H3. The number of nitrogens with zero attached hydrogens (tertiary/aromatic N) is 4. The van der Waals surface area contributed by atoms with Gasteiger partial charge in [0.1, 0.15) is 5.75 Å². The van der Waals surface area contributed by atoms with Gasteiger partial charge in [0.05, 0.1) is 14.2 Å². The number of amides is 1. The molecule has 1 saturated heterocycles. The first-order chi connectivity index (χ1) is 16.1. The lowest BCUT2D eigenvalue weighted by molar-refractivity contribution is 0.0643. The van der Waals surface area contributed by atoms with Crippen LogP contribution in [0.5, 0.6) is 22.4 Å². The van der Waals surface area contributed by atoms with Crippen LogP contribution in [0, 0.1) is 0 Å². The number of benzene rings is 2. The van der Waals surface area contributed by atoms with Crippen LogP contribution in [0.15, 0.2) is 42.5 Å². The number of piperazine rings is 1. The van der Waals surface area contributed by atoms with Crippen LogP contribution in [-0.4, -0.2) is 72.0 Å². The molecule has 1 aliphatic rings. The smallest absolute Gasteiger partial charge is 0.298 e. The van der Waals surface area contributed by atoms with Gasteiger partial charge in [-0.15, -0.1) is 0 Å². The molecule has 2 aromatic carbocycles. The van der Waals surface area contributed by atoms with Gasteiger partial charge in [0.2, 0.25) is 0 Å². The van der Waals surface area contributed by atoms with Crippen LogP contribution in [0.3, 0.4) is 0 Å². The monoisotopic (exact) mass is 468 g/mol. The summed E-state index contributed by atoms with van der Waals surface area (Å²) in [6.45, 7) is 6.37. The van der Waals surface area contributed by atoms with Crippen LogP contribution in [0.1, 0.15) is 28.7 Å². The van der Waals surface area contributed by atoms with Crippen molar-refractivity contribution in [2.24, 2.45) is 0 Å². The topological polar surface area (TPSA) is 77.0 Å². The highest BCUT2D eigenvalue weighted by molar-refractivity contribution is 7.07. The van der Waals surface area contributed by atoms with Gasteiger partial charge in [-0.3, -0.25) is 4.79 Å². The van der Waals surface area contributed by atoms with Gasteiger partial charge in [0.15, 0.2) is 17.3 Å². The number of hydrogen-bond donors (Lipinski definition) is 0. The van der Waals surface area contributed by atoms with Crippen LogP contribution in [0.4, 0.5) is 0 Å². The fourth-order valence-electron chi connectivity index (χ4n) is 3.75. The lowest BCUT2D eigenvalue weighted by Gasteiger charge is -2.34. The molecule has 3 aromatic rings. The predicted octanol–water partition coefficient (Wildman–Crippen LogP) is 3.72. The maximum Gasteiger partial charge on any atom is 0.298 e. The lowest BCUT2D eigenvalue weighted by Crippen LogP contribution is -2.48. The Hall–Kier alpha value is -3.17. The van der Waals surface area contributed by atoms with Crippen LogP contribution < -0.4 is 14.2 Å². The summed E-state index contributed by atoms with van der Waals surface area (Å²) >= 11 is 1.17. The van der Waals surface area contributed by atoms with E-state index in [2.05, 4.69) is 21.2 Å². The molecule has 174 valence electrons. The molecular weight excluding hydrogens is 440 g/mol. The van der Waals surface area contributed by atoms with Crippen LogP contribution >= 0.6 is 11.5 Å². The largest absolute Gasteiger partial charge is 0.497 e. The second-order valence-corrected chi connectivity index (χ2v) is 8.41. The minimum atomic E-state index is -0.00534. The van der Waals surface area contributed by atoms with E-state index >= 15 is 0 Å². The van der Waals surface area contributed by atoms with Gasteiger partial charge in [-0.25, -0.2) is 0 Å². The third kappa shape index (κ3) is 5.61. The Morgan fingerprint density at radius 2 is 1.85 bits per heavy atom. The molecule has 1 aromatic heterocycles. The average molecular weight is 469 g/mol. The summed E-state index contributed by atoms with van der Waals surface area (Å²) in [5, 5.41) is 0.396. The van der Waals surface area contributed by atoms with E-state index in [0.29, 0.717) is 34.5 Å². The zero-order chi connectivity index (χ0) is 23.2. The van der Waals surface area contributed by atoms with Gasteiger partial charge in [-0.1, -0.05) is 19.1 Å². The molecular formula is C24H28N4O4S. The molecule has 1 aliphatic heterocycles. The molecule has 0 radical (unpaired) electrons. The summed E-state index contributed by atoms with van der Waals surface area (Å²) in [4.78, 5) is 21.8. The predicted molar refractivity (Wildman–Crippen MR) is 127 cm³/mol. The quantitative estimate of drug-likeness (QED) is 0.499. The number of likely N-dealkylation sites (N-methyl/N-ethyl adjacent to an activating group) is 1. The molecule has 0 bridgehead atoms. The van der Waals surface area contributed by atoms with Crippen molar-refractivity contribution in [2.45, 2.75) is 13.3 Å². The van der Waals surface area contributed by atoms with Crippen LogP contribution in [-0.2, 0) is 6.42 Å². The highest BCUT2D eigenvalue weighted by Crippen LogP contribution is 2.34. The van der Waals surface area contributed by atoms with Gasteiger partial charge < -0.3 is 24.0 Å². The van der Waals surface area contributed by atoms with Gasteiger partial charge in [-0.05, 0) is 42.4 Å². The van der Waals surface area contributed by atoms with E-state index < -0.39 is 0 Å². The number of rotatable bonds is 8. The summed E-state index contributed by atoms with van der Waals surface area (Å²) in [7, 11) is 3.21. The van der Waals surface area contributed by atoms with E-state index in [-0.39, 0.29) is 5.91 Å². The Labute approximate surface area is 197 Å². The normalized spacial score (nSPS) is 14.2. The summed E-state index contributed by atoms with van der Waals surface area (Å²) in [5.41, 5.74) is 1.61. The SMILES string of the molecule is CCN1CCN(C(=O)c2ccc(OC)c(Oc3nc(Cc4cccc(OC)c4)ns3)c2)CC1. The lowest BCUT2D eigenvalue weighted by atomic mass is 10.1. The number of hydrogen-bond acceptors (Lipinski definition) is 8. The van der Waals surface area contributed by atoms with Crippen molar-refractivity contribution >= 4 is 17.4 Å². The molecule has 0 spiro atoms. The molecule has 1 fully saturated rings. The number of carbonyl (C=O) groups is 1. The van der Waals surface area contributed by atoms with E-state index in [1.165, 1.54) is 11.5 Å². The highest BCUT2D eigenvalue weighted by Gasteiger charge is 2.23. The number of carbonyl (C=O) groups excluding carboxylic acids is 1. The minimum absolute atomic E-state index is 0.00534. The Morgan fingerprint density at radius 1 is 1.03 bits per heavy atom. The Morgan fingerprint density at radius 3 is 2.58 bits per heavy atom. The van der Waals surface area contributed by atoms with E-state index in [1.54, 1.807) is 32.4 Å². The van der Waals surface area contributed by atoms with Crippen molar-refractivity contribution in [3.63, 3.8) is 0 Å². The molecule has 0 aliphatic carbocycles. The summed E-state index contributed by atoms with van der Waals surface area (Å²) < 4.78 is 21.1. The summed E-state index contributed by atoms with van der Waals surface area (Å²) in [6.07, 6.45) is 0.566. The minimum Gasteiger partial charge on any atom is -0.497 e. The van der Waals surface area contributed by atoms with E-state index in [4.69, 9.17) is 14.2 Å². The van der Waals surface area contributed by atoms with Crippen molar-refractivity contribution in [3.8, 4) is 22.4 Å². The Bertz CT molecular complexity index is 1100. The molecule has 0 atom stereocenters. The van der Waals surface area contributed by atoms with Gasteiger partial charge >= 0.3 is 0 Å². The zero-order valence-corrected chi connectivity index (χ0v) is 19.9.